The van der Waals surface area contributed by atoms with Crippen LogP contribution in [0.5, 0.6) is 0 Å². The summed E-state index contributed by atoms with van der Waals surface area (Å²) >= 11 is 11.5. The number of nitrogens with two attached hydrogens (primary N) is 1. The number of ether oxygens (including phenoxy) is 1. The molecule has 6 heteroatoms. The van der Waals surface area contributed by atoms with Gasteiger partial charge in [0.25, 0.3) is 0 Å². The first-order valence-electron chi connectivity index (χ1n) is 5.64. The van der Waals surface area contributed by atoms with Crippen LogP contribution >= 0.6 is 23.2 Å². The van der Waals surface area contributed by atoms with Crippen LogP contribution in [0.15, 0.2) is 36.4 Å². The topological polar surface area (TPSA) is 52.3 Å². The molecule has 0 unspecified atom stereocenters. The molecule has 0 aromatic heterocycles. The second-order valence-electron chi connectivity index (χ2n) is 4.03. The molecule has 0 aliphatic rings. The second kappa shape index (κ2) is 6.11. The fourth-order valence-corrected chi connectivity index (χ4v) is 1.95. The van der Waals surface area contributed by atoms with Gasteiger partial charge in [0, 0.05) is 0 Å². The maximum Gasteiger partial charge on any atom is 0.340 e. The average Bonchev–Trinajstić information content (AvgIpc) is 2.43. The van der Waals surface area contributed by atoms with Gasteiger partial charge in [-0.1, -0.05) is 35.3 Å². The van der Waals surface area contributed by atoms with E-state index in [9.17, 15) is 9.18 Å². The summed E-state index contributed by atoms with van der Waals surface area (Å²) in [5.41, 5.74) is 6.62. The Morgan fingerprint density at radius 3 is 2.65 bits per heavy atom. The number of rotatable bonds is 3. The lowest BCUT2D eigenvalue weighted by Crippen LogP contribution is -2.08. The summed E-state index contributed by atoms with van der Waals surface area (Å²) in [5.74, 6) is -1.13. The number of carbonyl (C=O) groups excluding carboxylic acids is 1. The molecule has 0 saturated carbocycles. The van der Waals surface area contributed by atoms with Gasteiger partial charge >= 0.3 is 5.97 Å². The Bertz CT molecular complexity index is 662. The lowest BCUT2D eigenvalue weighted by Gasteiger charge is -2.08. The second-order valence-corrected chi connectivity index (χ2v) is 4.84. The summed E-state index contributed by atoms with van der Waals surface area (Å²) in [7, 11) is 0. The molecule has 0 aliphatic carbocycles. The summed E-state index contributed by atoms with van der Waals surface area (Å²) in [4.78, 5) is 11.9. The van der Waals surface area contributed by atoms with Gasteiger partial charge in [-0.15, -0.1) is 0 Å². The molecule has 0 atom stereocenters. The Balaban J connectivity index is 2.08. The van der Waals surface area contributed by atoms with Crippen LogP contribution in [0, 0.1) is 5.82 Å². The highest BCUT2D eigenvalue weighted by molar-refractivity contribution is 6.33. The normalized spacial score (nSPS) is 10.3. The Morgan fingerprint density at radius 2 is 1.95 bits per heavy atom. The van der Waals surface area contributed by atoms with Crippen LogP contribution in [-0.4, -0.2) is 5.97 Å². The van der Waals surface area contributed by atoms with Crippen LogP contribution in [0.3, 0.4) is 0 Å². The highest BCUT2D eigenvalue weighted by atomic mass is 35.5. The van der Waals surface area contributed by atoms with Crippen LogP contribution in [0.2, 0.25) is 10.0 Å². The van der Waals surface area contributed by atoms with E-state index in [4.69, 9.17) is 33.7 Å². The maximum atomic E-state index is 13.0. The van der Waals surface area contributed by atoms with E-state index in [-0.39, 0.29) is 27.9 Å². The van der Waals surface area contributed by atoms with E-state index in [1.807, 2.05) is 0 Å². The fraction of sp³-hybridized carbons (Fsp3) is 0.0714. The summed E-state index contributed by atoms with van der Waals surface area (Å²) in [6.07, 6.45) is 0. The highest BCUT2D eigenvalue weighted by Crippen LogP contribution is 2.23. The number of esters is 1. The van der Waals surface area contributed by atoms with Gasteiger partial charge < -0.3 is 10.5 Å². The molecular weight excluding hydrogens is 304 g/mol. The minimum Gasteiger partial charge on any atom is -0.457 e. The van der Waals surface area contributed by atoms with Gasteiger partial charge in [-0.25, -0.2) is 9.18 Å². The quantitative estimate of drug-likeness (QED) is 0.686. The van der Waals surface area contributed by atoms with Crippen LogP contribution in [-0.2, 0) is 11.3 Å². The first-order valence-corrected chi connectivity index (χ1v) is 6.39. The third-order valence-corrected chi connectivity index (χ3v) is 3.25. The summed E-state index contributed by atoms with van der Waals surface area (Å²) in [6.45, 7) is -0.0369. The van der Waals surface area contributed by atoms with Crippen molar-refractivity contribution in [3.05, 3.63) is 63.4 Å². The summed E-state index contributed by atoms with van der Waals surface area (Å²) in [5, 5.41) is 0.255. The molecule has 0 fully saturated rings. The predicted octanol–water partition coefficient (Wildman–Crippen LogP) is 4.07. The van der Waals surface area contributed by atoms with Crippen LogP contribution in [0.25, 0.3) is 0 Å². The SMILES string of the molecule is Nc1c(Cl)cccc1C(=O)OCc1ccc(F)c(Cl)c1. The van der Waals surface area contributed by atoms with Crippen molar-refractivity contribution in [3.8, 4) is 0 Å². The monoisotopic (exact) mass is 313 g/mol. The summed E-state index contributed by atoms with van der Waals surface area (Å²) < 4.78 is 18.1. The zero-order valence-electron chi connectivity index (χ0n) is 10.2. The standard InChI is InChI=1S/C14H10Cl2FNO2/c15-10-3-1-2-9(13(10)18)14(19)20-7-8-4-5-12(17)11(16)6-8/h1-6H,7,18H2. The van der Waals surface area contributed by atoms with Gasteiger partial charge in [0.05, 0.1) is 21.3 Å². The molecule has 104 valence electrons. The minimum atomic E-state index is -0.606. The van der Waals surface area contributed by atoms with Gasteiger partial charge in [-0.3, -0.25) is 0 Å². The van der Waals surface area contributed by atoms with Crippen molar-refractivity contribution in [1.82, 2.24) is 0 Å². The number of benzene rings is 2. The van der Waals surface area contributed by atoms with E-state index in [0.717, 1.165) is 0 Å². The minimum absolute atomic E-state index is 0.0270. The Labute approximate surface area is 125 Å². The predicted molar refractivity (Wildman–Crippen MR) is 76.4 cm³/mol. The first-order chi connectivity index (χ1) is 9.49. The molecule has 0 saturated heterocycles. The molecule has 3 nitrogen and oxygen atoms in total. The van der Waals surface area contributed by atoms with Crippen molar-refractivity contribution < 1.29 is 13.9 Å². The number of nitrogen functional groups attached to an aromatic ring is 1. The van der Waals surface area contributed by atoms with Gasteiger partial charge in [0.15, 0.2) is 0 Å². The van der Waals surface area contributed by atoms with Gasteiger partial charge in [0.1, 0.15) is 12.4 Å². The van der Waals surface area contributed by atoms with Crippen molar-refractivity contribution in [2.75, 3.05) is 5.73 Å². The zero-order valence-corrected chi connectivity index (χ0v) is 11.7. The largest absolute Gasteiger partial charge is 0.457 e. The number of anilines is 1. The molecule has 20 heavy (non-hydrogen) atoms. The van der Waals surface area contributed by atoms with E-state index in [0.29, 0.717) is 5.56 Å². The van der Waals surface area contributed by atoms with Crippen molar-refractivity contribution in [2.24, 2.45) is 0 Å². The molecule has 2 aromatic rings. The lowest BCUT2D eigenvalue weighted by molar-refractivity contribution is 0.0474. The number of hydrogen-bond donors (Lipinski definition) is 1. The Kier molecular flexibility index (Phi) is 4.47. The van der Waals surface area contributed by atoms with Gasteiger partial charge in [-0.2, -0.15) is 0 Å². The molecule has 2 aromatic carbocycles. The molecule has 2 N–H and O–H groups in total. The van der Waals surface area contributed by atoms with Crippen LogP contribution in [0.1, 0.15) is 15.9 Å². The third kappa shape index (κ3) is 3.21. The van der Waals surface area contributed by atoms with Crippen LogP contribution < -0.4 is 5.73 Å². The number of carbonyl (C=O) groups is 1. The van der Waals surface area contributed by atoms with E-state index in [1.165, 1.54) is 24.3 Å². The Morgan fingerprint density at radius 1 is 1.20 bits per heavy atom. The number of hydrogen-bond acceptors (Lipinski definition) is 3. The number of halogens is 3. The van der Waals surface area contributed by atoms with Crippen molar-refractivity contribution >= 4 is 34.9 Å². The molecule has 0 amide bonds. The third-order valence-electron chi connectivity index (χ3n) is 2.63. The molecule has 0 heterocycles. The summed E-state index contributed by atoms with van der Waals surface area (Å²) in [6, 6.07) is 8.78. The van der Waals surface area contributed by atoms with Crippen molar-refractivity contribution in [2.45, 2.75) is 6.61 Å². The van der Waals surface area contributed by atoms with Crippen LogP contribution in [0.4, 0.5) is 10.1 Å². The molecule has 0 bridgehead atoms. The average molecular weight is 314 g/mol. The van der Waals surface area contributed by atoms with E-state index in [1.54, 1.807) is 12.1 Å². The van der Waals surface area contributed by atoms with Gasteiger partial charge in [0.2, 0.25) is 0 Å². The van der Waals surface area contributed by atoms with Gasteiger partial charge in [-0.05, 0) is 29.8 Å². The van der Waals surface area contributed by atoms with E-state index >= 15 is 0 Å². The zero-order chi connectivity index (χ0) is 14.7. The number of para-hydroxylation sites is 1. The van der Waals surface area contributed by atoms with E-state index < -0.39 is 11.8 Å². The smallest absolute Gasteiger partial charge is 0.340 e. The molecule has 0 spiro atoms. The molecular formula is C14H10Cl2FNO2. The fourth-order valence-electron chi connectivity index (χ4n) is 1.57. The van der Waals surface area contributed by atoms with Crippen molar-refractivity contribution in [3.63, 3.8) is 0 Å². The van der Waals surface area contributed by atoms with E-state index in [2.05, 4.69) is 0 Å². The maximum absolute atomic E-state index is 13.0. The Hall–Kier alpha value is -1.78. The van der Waals surface area contributed by atoms with Crippen molar-refractivity contribution in [1.29, 1.82) is 0 Å². The highest BCUT2D eigenvalue weighted by Gasteiger charge is 2.13. The molecule has 0 aliphatic heterocycles. The lowest BCUT2D eigenvalue weighted by atomic mass is 10.2. The molecule has 0 radical (unpaired) electrons. The molecule has 2 rings (SSSR count). The first kappa shape index (κ1) is 14.6.